The van der Waals surface area contributed by atoms with E-state index in [1.54, 1.807) is 0 Å². The summed E-state index contributed by atoms with van der Waals surface area (Å²) < 4.78 is 0. The molecular weight excluding hydrogens is 176 g/mol. The number of aryl methyl sites for hydroxylation is 1. The van der Waals surface area contributed by atoms with Crippen LogP contribution in [0.2, 0.25) is 0 Å². The molecule has 0 amide bonds. The SMILES string of the molecule is Cc1[nH]c2ccccc2c1C(N)C=O. The maximum absolute atomic E-state index is 10.7. The minimum absolute atomic E-state index is 0.536. The van der Waals surface area contributed by atoms with E-state index in [4.69, 9.17) is 5.73 Å². The molecule has 72 valence electrons. The Labute approximate surface area is 81.9 Å². The third-order valence-corrected chi connectivity index (χ3v) is 2.42. The van der Waals surface area contributed by atoms with Crippen LogP contribution in [0.15, 0.2) is 24.3 Å². The zero-order valence-corrected chi connectivity index (χ0v) is 7.95. The van der Waals surface area contributed by atoms with Crippen molar-refractivity contribution >= 4 is 17.2 Å². The standard InChI is InChI=1S/C11H12N2O/c1-7-11(9(12)6-14)8-4-2-3-5-10(8)13-7/h2-6,9,13H,12H2,1H3. The highest BCUT2D eigenvalue weighted by Gasteiger charge is 2.13. The first-order valence-corrected chi connectivity index (χ1v) is 4.52. The molecule has 0 spiro atoms. The zero-order valence-electron chi connectivity index (χ0n) is 7.95. The van der Waals surface area contributed by atoms with Crippen LogP contribution >= 0.6 is 0 Å². The number of hydrogen-bond donors (Lipinski definition) is 2. The first-order chi connectivity index (χ1) is 6.74. The number of carbonyl (C=O) groups is 1. The first-order valence-electron chi connectivity index (χ1n) is 4.52. The molecule has 2 rings (SSSR count). The van der Waals surface area contributed by atoms with Crippen molar-refractivity contribution in [3.63, 3.8) is 0 Å². The Morgan fingerprint density at radius 2 is 2.14 bits per heavy atom. The number of benzene rings is 1. The van der Waals surface area contributed by atoms with Crippen molar-refractivity contribution in [3.05, 3.63) is 35.5 Å². The minimum Gasteiger partial charge on any atom is -0.358 e. The normalized spacial score (nSPS) is 13.0. The molecule has 0 aliphatic heterocycles. The Hall–Kier alpha value is -1.61. The van der Waals surface area contributed by atoms with Gasteiger partial charge in [0.05, 0.1) is 6.04 Å². The number of rotatable bonds is 2. The molecule has 1 heterocycles. The second-order valence-corrected chi connectivity index (χ2v) is 3.37. The highest BCUT2D eigenvalue weighted by atomic mass is 16.1. The summed E-state index contributed by atoms with van der Waals surface area (Å²) >= 11 is 0. The maximum Gasteiger partial charge on any atom is 0.141 e. The number of aldehydes is 1. The second-order valence-electron chi connectivity index (χ2n) is 3.37. The molecule has 1 atom stereocenters. The number of aromatic amines is 1. The van der Waals surface area contributed by atoms with Crippen molar-refractivity contribution in [3.8, 4) is 0 Å². The van der Waals surface area contributed by atoms with Crippen LogP contribution in [-0.2, 0) is 4.79 Å². The van der Waals surface area contributed by atoms with Gasteiger partial charge in [0.25, 0.3) is 0 Å². The predicted molar refractivity (Wildman–Crippen MR) is 56.0 cm³/mol. The summed E-state index contributed by atoms with van der Waals surface area (Å²) in [5.41, 5.74) is 8.61. The van der Waals surface area contributed by atoms with E-state index in [0.29, 0.717) is 0 Å². The molecule has 14 heavy (non-hydrogen) atoms. The quantitative estimate of drug-likeness (QED) is 0.704. The summed E-state index contributed by atoms with van der Waals surface area (Å²) in [4.78, 5) is 13.9. The third kappa shape index (κ3) is 1.22. The molecule has 0 bridgehead atoms. The van der Waals surface area contributed by atoms with Crippen molar-refractivity contribution in [1.29, 1.82) is 0 Å². The monoisotopic (exact) mass is 188 g/mol. The Balaban J connectivity index is 2.73. The number of aromatic nitrogens is 1. The molecule has 1 unspecified atom stereocenters. The van der Waals surface area contributed by atoms with Crippen molar-refractivity contribution < 1.29 is 4.79 Å². The molecule has 0 saturated heterocycles. The number of fused-ring (bicyclic) bond motifs is 1. The van der Waals surface area contributed by atoms with Crippen molar-refractivity contribution in [1.82, 2.24) is 4.98 Å². The van der Waals surface area contributed by atoms with Gasteiger partial charge in [0, 0.05) is 22.2 Å². The average molecular weight is 188 g/mol. The summed E-state index contributed by atoms with van der Waals surface area (Å²) in [5, 5.41) is 1.03. The van der Waals surface area contributed by atoms with Crippen molar-refractivity contribution in [2.24, 2.45) is 5.73 Å². The van der Waals surface area contributed by atoms with E-state index >= 15 is 0 Å². The Morgan fingerprint density at radius 1 is 1.43 bits per heavy atom. The molecule has 0 radical (unpaired) electrons. The summed E-state index contributed by atoms with van der Waals surface area (Å²) in [6.45, 7) is 1.93. The number of H-pyrrole nitrogens is 1. The predicted octanol–water partition coefficient (Wildman–Crippen LogP) is 1.68. The summed E-state index contributed by atoms with van der Waals surface area (Å²) in [5.74, 6) is 0. The van der Waals surface area contributed by atoms with Gasteiger partial charge in [-0.15, -0.1) is 0 Å². The fourth-order valence-corrected chi connectivity index (χ4v) is 1.80. The van der Waals surface area contributed by atoms with Gasteiger partial charge in [-0.3, -0.25) is 0 Å². The number of carbonyl (C=O) groups excluding carboxylic acids is 1. The van der Waals surface area contributed by atoms with Gasteiger partial charge in [-0.25, -0.2) is 0 Å². The molecule has 3 heteroatoms. The molecule has 3 nitrogen and oxygen atoms in total. The maximum atomic E-state index is 10.7. The zero-order chi connectivity index (χ0) is 10.1. The lowest BCUT2D eigenvalue weighted by Gasteiger charge is -2.03. The van der Waals surface area contributed by atoms with Crippen LogP contribution in [0.4, 0.5) is 0 Å². The van der Waals surface area contributed by atoms with Crippen molar-refractivity contribution in [2.75, 3.05) is 0 Å². The molecular formula is C11H12N2O. The van der Waals surface area contributed by atoms with Crippen LogP contribution in [0.5, 0.6) is 0 Å². The second kappa shape index (κ2) is 3.27. The molecule has 2 aromatic rings. The largest absolute Gasteiger partial charge is 0.358 e. The van der Waals surface area contributed by atoms with Crippen LogP contribution in [0.3, 0.4) is 0 Å². The smallest absolute Gasteiger partial charge is 0.141 e. The van der Waals surface area contributed by atoms with Gasteiger partial charge in [0.2, 0.25) is 0 Å². The van der Waals surface area contributed by atoms with Gasteiger partial charge in [-0.2, -0.15) is 0 Å². The fourth-order valence-electron chi connectivity index (χ4n) is 1.80. The van der Waals surface area contributed by atoms with Crippen LogP contribution < -0.4 is 5.73 Å². The third-order valence-electron chi connectivity index (χ3n) is 2.42. The lowest BCUT2D eigenvalue weighted by molar-refractivity contribution is -0.109. The fraction of sp³-hybridized carbons (Fsp3) is 0.182. The van der Waals surface area contributed by atoms with Crippen LogP contribution in [0.25, 0.3) is 10.9 Å². The molecule has 1 aromatic heterocycles. The summed E-state index contributed by atoms with van der Waals surface area (Å²) in [6.07, 6.45) is 0.766. The molecule has 3 N–H and O–H groups in total. The van der Waals surface area contributed by atoms with E-state index in [1.165, 1.54) is 0 Å². The minimum atomic E-state index is -0.536. The number of hydrogen-bond acceptors (Lipinski definition) is 2. The Bertz CT molecular complexity index is 473. The Kier molecular flexibility index (Phi) is 2.09. The molecule has 0 aliphatic rings. The van der Waals surface area contributed by atoms with E-state index in [0.717, 1.165) is 28.4 Å². The van der Waals surface area contributed by atoms with E-state index < -0.39 is 6.04 Å². The molecule has 1 aromatic carbocycles. The summed E-state index contributed by atoms with van der Waals surface area (Å²) in [6, 6.07) is 7.30. The van der Waals surface area contributed by atoms with Crippen molar-refractivity contribution in [2.45, 2.75) is 13.0 Å². The average Bonchev–Trinajstić information content (AvgIpc) is 2.53. The molecule has 0 fully saturated rings. The van der Waals surface area contributed by atoms with Crippen LogP contribution in [0, 0.1) is 6.92 Å². The number of nitrogens with one attached hydrogen (secondary N) is 1. The topological polar surface area (TPSA) is 58.9 Å². The molecule has 0 saturated carbocycles. The van der Waals surface area contributed by atoms with Gasteiger partial charge in [0.1, 0.15) is 6.29 Å². The first kappa shape index (κ1) is 8.97. The number of para-hydroxylation sites is 1. The van der Waals surface area contributed by atoms with E-state index in [2.05, 4.69) is 4.98 Å². The van der Waals surface area contributed by atoms with E-state index in [9.17, 15) is 4.79 Å². The van der Waals surface area contributed by atoms with E-state index in [-0.39, 0.29) is 0 Å². The van der Waals surface area contributed by atoms with E-state index in [1.807, 2.05) is 31.2 Å². The van der Waals surface area contributed by atoms with Crippen LogP contribution in [-0.4, -0.2) is 11.3 Å². The van der Waals surface area contributed by atoms with Gasteiger partial charge in [0.15, 0.2) is 0 Å². The lowest BCUT2D eigenvalue weighted by atomic mass is 10.1. The van der Waals surface area contributed by atoms with Crippen LogP contribution in [0.1, 0.15) is 17.3 Å². The Morgan fingerprint density at radius 3 is 2.86 bits per heavy atom. The lowest BCUT2D eigenvalue weighted by Crippen LogP contribution is -2.11. The number of nitrogens with two attached hydrogens (primary N) is 1. The summed E-state index contributed by atoms with van der Waals surface area (Å²) in [7, 11) is 0. The van der Waals surface area contributed by atoms with Gasteiger partial charge < -0.3 is 15.5 Å². The van der Waals surface area contributed by atoms with Gasteiger partial charge in [-0.05, 0) is 13.0 Å². The molecule has 0 aliphatic carbocycles. The van der Waals surface area contributed by atoms with Gasteiger partial charge in [-0.1, -0.05) is 18.2 Å². The highest BCUT2D eigenvalue weighted by molar-refractivity contribution is 5.87. The van der Waals surface area contributed by atoms with Gasteiger partial charge >= 0.3 is 0 Å². The highest BCUT2D eigenvalue weighted by Crippen LogP contribution is 2.25.